The number of nitrogens with zero attached hydrogens (tertiary/aromatic N) is 1. The highest BCUT2D eigenvalue weighted by atomic mass is 127. The molecule has 0 aromatic heterocycles. The molecule has 0 aliphatic heterocycles. The van der Waals surface area contributed by atoms with Gasteiger partial charge >= 0.3 is 0 Å². The maximum atomic E-state index is 11.5. The van der Waals surface area contributed by atoms with E-state index < -0.39 is 10.8 Å². The lowest BCUT2D eigenvalue weighted by molar-refractivity contribution is 0.145. The molecule has 1 aromatic rings. The Bertz CT molecular complexity index is 541. The standard InChI is InChI=1S/C18H31N3O3S.HI/c1-5-24-12-6-11-19-18(20-13-15(2)25(4)22)21-14-16-7-9-17(23-3)10-8-16;/h7-10,15H,5-6,11-14H2,1-4H3,(H2,19,20,21);1H. The molecule has 0 amide bonds. The summed E-state index contributed by atoms with van der Waals surface area (Å²) in [4.78, 5) is 4.61. The molecule has 0 saturated heterocycles. The Morgan fingerprint density at radius 3 is 2.54 bits per heavy atom. The fraction of sp³-hybridized carbons (Fsp3) is 0.611. The van der Waals surface area contributed by atoms with E-state index in [-0.39, 0.29) is 29.2 Å². The maximum absolute atomic E-state index is 11.5. The van der Waals surface area contributed by atoms with E-state index in [0.29, 0.717) is 13.1 Å². The molecule has 0 aliphatic rings. The summed E-state index contributed by atoms with van der Waals surface area (Å²) in [5.74, 6) is 1.56. The first-order chi connectivity index (χ1) is 12.1. The lowest BCUT2D eigenvalue weighted by Crippen LogP contribution is -2.42. The second-order valence-electron chi connectivity index (χ2n) is 5.68. The van der Waals surface area contributed by atoms with Gasteiger partial charge < -0.3 is 20.1 Å². The van der Waals surface area contributed by atoms with E-state index in [0.717, 1.165) is 43.5 Å². The molecule has 0 fully saturated rings. The van der Waals surface area contributed by atoms with Gasteiger partial charge in [-0.1, -0.05) is 12.1 Å². The van der Waals surface area contributed by atoms with Gasteiger partial charge in [-0.25, -0.2) is 4.99 Å². The Kier molecular flexibility index (Phi) is 14.7. The fourth-order valence-electron chi connectivity index (χ4n) is 1.96. The number of guanidine groups is 1. The van der Waals surface area contributed by atoms with E-state index in [4.69, 9.17) is 9.47 Å². The molecule has 0 aliphatic carbocycles. The molecule has 6 nitrogen and oxygen atoms in total. The van der Waals surface area contributed by atoms with Crippen LogP contribution in [0.1, 0.15) is 25.8 Å². The first-order valence-electron chi connectivity index (χ1n) is 8.61. The summed E-state index contributed by atoms with van der Waals surface area (Å²) in [7, 11) is 0.793. The van der Waals surface area contributed by atoms with Crippen molar-refractivity contribution in [3.05, 3.63) is 29.8 Å². The first-order valence-corrected chi connectivity index (χ1v) is 10.2. The molecule has 0 heterocycles. The Labute approximate surface area is 177 Å². The minimum Gasteiger partial charge on any atom is -0.497 e. The molecule has 2 atom stereocenters. The van der Waals surface area contributed by atoms with Crippen LogP contribution in [0.5, 0.6) is 5.75 Å². The Morgan fingerprint density at radius 1 is 1.27 bits per heavy atom. The molecular weight excluding hydrogens is 465 g/mol. The Hall–Kier alpha value is -0.870. The maximum Gasteiger partial charge on any atom is 0.191 e. The molecule has 2 unspecified atom stereocenters. The molecule has 0 bridgehead atoms. The summed E-state index contributed by atoms with van der Waals surface area (Å²) in [5, 5.41) is 6.63. The van der Waals surface area contributed by atoms with Gasteiger partial charge in [0.25, 0.3) is 0 Å². The Balaban J connectivity index is 0.00000625. The van der Waals surface area contributed by atoms with Crippen LogP contribution in [0.2, 0.25) is 0 Å². The van der Waals surface area contributed by atoms with E-state index >= 15 is 0 Å². The summed E-state index contributed by atoms with van der Waals surface area (Å²) >= 11 is 0. The zero-order valence-corrected chi connectivity index (χ0v) is 19.3. The van der Waals surface area contributed by atoms with Crippen molar-refractivity contribution in [3.63, 3.8) is 0 Å². The lowest BCUT2D eigenvalue weighted by Gasteiger charge is -2.15. The number of hydrogen-bond donors (Lipinski definition) is 2. The molecule has 26 heavy (non-hydrogen) atoms. The first kappa shape index (κ1) is 25.1. The third kappa shape index (κ3) is 11.0. The van der Waals surface area contributed by atoms with Crippen molar-refractivity contribution >= 4 is 40.7 Å². The van der Waals surface area contributed by atoms with Gasteiger partial charge in [0.2, 0.25) is 0 Å². The van der Waals surface area contributed by atoms with Gasteiger partial charge in [0.05, 0.1) is 13.7 Å². The van der Waals surface area contributed by atoms with Gasteiger partial charge in [-0.05, 0) is 38.0 Å². The molecule has 0 saturated carbocycles. The summed E-state index contributed by atoms with van der Waals surface area (Å²) in [5.41, 5.74) is 1.10. The monoisotopic (exact) mass is 497 g/mol. The van der Waals surface area contributed by atoms with Gasteiger partial charge in [-0.2, -0.15) is 0 Å². The van der Waals surface area contributed by atoms with Crippen molar-refractivity contribution in [1.29, 1.82) is 0 Å². The van der Waals surface area contributed by atoms with Crippen molar-refractivity contribution in [3.8, 4) is 5.75 Å². The van der Waals surface area contributed by atoms with Gasteiger partial charge in [0, 0.05) is 48.6 Å². The number of methoxy groups -OCH3 is 1. The van der Waals surface area contributed by atoms with Crippen LogP contribution < -0.4 is 15.4 Å². The molecule has 0 radical (unpaired) electrons. The highest BCUT2D eigenvalue weighted by Crippen LogP contribution is 2.11. The van der Waals surface area contributed by atoms with Crippen LogP contribution >= 0.6 is 24.0 Å². The van der Waals surface area contributed by atoms with Crippen LogP contribution in [0.4, 0.5) is 0 Å². The van der Waals surface area contributed by atoms with E-state index in [9.17, 15) is 4.21 Å². The van der Waals surface area contributed by atoms with Crippen LogP contribution in [0.3, 0.4) is 0 Å². The smallest absolute Gasteiger partial charge is 0.191 e. The van der Waals surface area contributed by atoms with Gasteiger partial charge in [-0.15, -0.1) is 24.0 Å². The van der Waals surface area contributed by atoms with Gasteiger partial charge in [-0.3, -0.25) is 4.21 Å². The number of benzene rings is 1. The van der Waals surface area contributed by atoms with Crippen LogP contribution in [0.25, 0.3) is 0 Å². The zero-order valence-electron chi connectivity index (χ0n) is 16.1. The highest BCUT2D eigenvalue weighted by Gasteiger charge is 2.07. The number of nitrogens with one attached hydrogen (secondary N) is 2. The number of rotatable bonds is 11. The highest BCUT2D eigenvalue weighted by molar-refractivity contribution is 14.0. The van der Waals surface area contributed by atoms with Crippen molar-refractivity contribution in [1.82, 2.24) is 10.6 Å². The predicted octanol–water partition coefficient (Wildman–Crippen LogP) is 2.54. The van der Waals surface area contributed by atoms with Crippen LogP contribution in [0, 0.1) is 0 Å². The number of aliphatic imine (C=N–C) groups is 1. The molecule has 8 heteroatoms. The van der Waals surface area contributed by atoms with Crippen LogP contribution in [0.15, 0.2) is 29.3 Å². The predicted molar refractivity (Wildman–Crippen MR) is 120 cm³/mol. The minimum atomic E-state index is -0.860. The average molecular weight is 497 g/mol. The normalized spacial score (nSPS) is 13.5. The summed E-state index contributed by atoms with van der Waals surface area (Å²) in [6, 6.07) is 7.85. The van der Waals surface area contributed by atoms with Crippen molar-refractivity contribution in [2.75, 3.05) is 39.7 Å². The van der Waals surface area contributed by atoms with Crippen LogP contribution in [-0.4, -0.2) is 55.1 Å². The summed E-state index contributed by atoms with van der Waals surface area (Å²) < 4.78 is 22.0. The van der Waals surface area contributed by atoms with E-state index in [2.05, 4.69) is 15.6 Å². The third-order valence-electron chi connectivity index (χ3n) is 3.66. The second kappa shape index (κ2) is 15.2. The third-order valence-corrected chi connectivity index (χ3v) is 4.96. The zero-order chi connectivity index (χ0) is 18.5. The fourth-order valence-corrected chi connectivity index (χ4v) is 2.28. The summed E-state index contributed by atoms with van der Waals surface area (Å²) in [6.07, 6.45) is 2.63. The van der Waals surface area contributed by atoms with Gasteiger partial charge in [0.15, 0.2) is 5.96 Å². The molecule has 0 spiro atoms. The van der Waals surface area contributed by atoms with Gasteiger partial charge in [0.1, 0.15) is 5.75 Å². The van der Waals surface area contributed by atoms with Crippen LogP contribution in [-0.2, 0) is 22.1 Å². The second-order valence-corrected chi connectivity index (χ2v) is 7.48. The number of hydrogen-bond acceptors (Lipinski definition) is 4. The molecule has 1 rings (SSSR count). The topological polar surface area (TPSA) is 71.9 Å². The van der Waals surface area contributed by atoms with Crippen molar-refractivity contribution < 1.29 is 13.7 Å². The number of ether oxygens (including phenoxy) is 2. The van der Waals surface area contributed by atoms with E-state index in [1.807, 2.05) is 38.1 Å². The SMILES string of the molecule is CCOCCCNC(=NCc1ccc(OC)cc1)NCC(C)S(C)=O.I. The Morgan fingerprint density at radius 2 is 1.96 bits per heavy atom. The number of halogens is 1. The minimum absolute atomic E-state index is 0. The summed E-state index contributed by atoms with van der Waals surface area (Å²) in [6.45, 7) is 7.36. The average Bonchev–Trinajstić information content (AvgIpc) is 2.63. The molecule has 150 valence electrons. The van der Waals surface area contributed by atoms with Crippen molar-refractivity contribution in [2.45, 2.75) is 32.1 Å². The lowest BCUT2D eigenvalue weighted by atomic mass is 10.2. The van der Waals surface area contributed by atoms with E-state index in [1.165, 1.54) is 0 Å². The van der Waals surface area contributed by atoms with Crippen molar-refractivity contribution in [2.24, 2.45) is 4.99 Å². The quantitative estimate of drug-likeness (QED) is 0.213. The molecule has 2 N–H and O–H groups in total. The van der Waals surface area contributed by atoms with E-state index in [1.54, 1.807) is 13.4 Å². The largest absolute Gasteiger partial charge is 0.497 e. The molecule has 1 aromatic carbocycles. The molecular formula is C18H32IN3O3S.